The van der Waals surface area contributed by atoms with E-state index in [0.29, 0.717) is 12.3 Å². The molecular formula is C24H39N5O. The molecule has 6 nitrogen and oxygen atoms in total. The number of guanidine groups is 1. The molecular weight excluding hydrogens is 374 g/mol. The van der Waals surface area contributed by atoms with Gasteiger partial charge in [-0.15, -0.1) is 0 Å². The Bertz CT molecular complexity index is 677. The molecule has 2 atom stereocenters. The highest BCUT2D eigenvalue weighted by Gasteiger charge is 2.29. The van der Waals surface area contributed by atoms with E-state index in [2.05, 4.69) is 51.7 Å². The topological polar surface area (TPSA) is 60.0 Å². The summed E-state index contributed by atoms with van der Waals surface area (Å²) in [5.74, 6) is 1.47. The number of carbonyl (C=O) groups is 1. The quantitative estimate of drug-likeness (QED) is 0.371. The molecule has 2 heterocycles. The number of nitrogens with one attached hydrogen (secondary N) is 2. The number of benzene rings is 1. The van der Waals surface area contributed by atoms with Crippen molar-refractivity contribution in [2.45, 2.75) is 51.5 Å². The minimum absolute atomic E-state index is 0.274. The van der Waals surface area contributed by atoms with Crippen molar-refractivity contribution >= 4 is 11.9 Å². The van der Waals surface area contributed by atoms with E-state index in [4.69, 9.17) is 0 Å². The molecule has 2 aliphatic heterocycles. The summed E-state index contributed by atoms with van der Waals surface area (Å²) in [6.45, 7) is 8.10. The maximum absolute atomic E-state index is 12.4. The number of hydrogen-bond acceptors (Lipinski definition) is 3. The van der Waals surface area contributed by atoms with E-state index in [1.54, 1.807) is 0 Å². The van der Waals surface area contributed by atoms with Crippen LogP contribution in [0, 0.1) is 5.92 Å². The minimum Gasteiger partial charge on any atom is -0.356 e. The normalized spacial score (nSPS) is 23.1. The van der Waals surface area contributed by atoms with Gasteiger partial charge in [0, 0.05) is 58.2 Å². The molecule has 0 aliphatic carbocycles. The van der Waals surface area contributed by atoms with E-state index in [-0.39, 0.29) is 5.91 Å². The molecule has 0 radical (unpaired) electrons. The Hall–Kier alpha value is -2.08. The van der Waals surface area contributed by atoms with Crippen molar-refractivity contribution in [2.75, 3.05) is 46.3 Å². The maximum Gasteiger partial charge on any atom is 0.223 e. The second-order valence-corrected chi connectivity index (χ2v) is 8.76. The lowest BCUT2D eigenvalue weighted by molar-refractivity contribution is -0.127. The van der Waals surface area contributed by atoms with E-state index < -0.39 is 0 Å². The van der Waals surface area contributed by atoms with Crippen molar-refractivity contribution < 1.29 is 4.79 Å². The first-order valence-electron chi connectivity index (χ1n) is 11.7. The highest BCUT2D eigenvalue weighted by Crippen LogP contribution is 2.18. The number of hydrogen-bond donors (Lipinski definition) is 2. The number of aliphatic imine (C=N–C) groups is 1. The maximum atomic E-state index is 12.4. The van der Waals surface area contributed by atoms with Crippen LogP contribution >= 0.6 is 0 Å². The summed E-state index contributed by atoms with van der Waals surface area (Å²) in [6, 6.07) is 11.1. The number of nitrogens with zero attached hydrogens (tertiary/aromatic N) is 3. The number of piperidine rings is 1. The minimum atomic E-state index is 0.274. The van der Waals surface area contributed by atoms with Crippen molar-refractivity contribution in [1.29, 1.82) is 0 Å². The molecule has 3 rings (SSSR count). The van der Waals surface area contributed by atoms with Crippen LogP contribution in [0.1, 0.15) is 44.6 Å². The van der Waals surface area contributed by atoms with Crippen molar-refractivity contribution in [3.8, 4) is 0 Å². The first-order chi connectivity index (χ1) is 14.7. The number of rotatable bonds is 9. The summed E-state index contributed by atoms with van der Waals surface area (Å²) in [7, 11) is 1.81. The fraction of sp³-hybridized carbons (Fsp3) is 0.667. The van der Waals surface area contributed by atoms with Crippen LogP contribution in [0.3, 0.4) is 0 Å². The summed E-state index contributed by atoms with van der Waals surface area (Å²) >= 11 is 0. The van der Waals surface area contributed by atoms with Crippen LogP contribution in [-0.2, 0) is 11.2 Å². The lowest BCUT2D eigenvalue weighted by Gasteiger charge is -2.33. The summed E-state index contributed by atoms with van der Waals surface area (Å²) in [5, 5.41) is 6.85. The monoisotopic (exact) mass is 413 g/mol. The van der Waals surface area contributed by atoms with Gasteiger partial charge in [-0.05, 0) is 44.7 Å². The molecule has 0 saturated carbocycles. The molecule has 2 aliphatic rings. The molecule has 6 heteroatoms. The zero-order valence-electron chi connectivity index (χ0n) is 18.8. The van der Waals surface area contributed by atoms with Gasteiger partial charge in [-0.1, -0.05) is 36.8 Å². The molecule has 1 aromatic carbocycles. The molecule has 0 aromatic heterocycles. The lowest BCUT2D eigenvalue weighted by Crippen LogP contribution is -2.42. The molecule has 2 fully saturated rings. The van der Waals surface area contributed by atoms with Gasteiger partial charge in [0.25, 0.3) is 0 Å². The zero-order valence-corrected chi connectivity index (χ0v) is 18.8. The first-order valence-corrected chi connectivity index (χ1v) is 11.7. The smallest absolute Gasteiger partial charge is 0.223 e. The highest BCUT2D eigenvalue weighted by molar-refractivity contribution is 5.80. The van der Waals surface area contributed by atoms with E-state index in [1.807, 2.05) is 18.0 Å². The van der Waals surface area contributed by atoms with Gasteiger partial charge in [0.1, 0.15) is 0 Å². The third-order valence-electron chi connectivity index (χ3n) is 6.44. The first kappa shape index (κ1) is 22.6. The summed E-state index contributed by atoms with van der Waals surface area (Å²) in [6.07, 6.45) is 6.72. The predicted molar refractivity (Wildman–Crippen MR) is 124 cm³/mol. The van der Waals surface area contributed by atoms with E-state index in [9.17, 15) is 4.79 Å². The van der Waals surface area contributed by atoms with Crippen molar-refractivity contribution in [3.05, 3.63) is 35.9 Å². The fourth-order valence-electron chi connectivity index (χ4n) is 4.56. The SMILES string of the molecule is CN=C(NCCCN1CCCCC1C)NCC1CC(=O)N(CCc2ccccc2)C1. The van der Waals surface area contributed by atoms with Crippen molar-refractivity contribution in [2.24, 2.45) is 10.9 Å². The summed E-state index contributed by atoms with van der Waals surface area (Å²) in [4.78, 5) is 21.3. The third-order valence-corrected chi connectivity index (χ3v) is 6.44. The standard InChI is InChI=1S/C24H39N5O/c1-20-9-6-7-14-28(20)15-8-13-26-24(25-2)27-18-22-17-23(30)29(19-22)16-12-21-10-4-3-5-11-21/h3-5,10-11,20,22H,6-9,12-19H2,1-2H3,(H2,25,26,27). The predicted octanol–water partition coefficient (Wildman–Crippen LogP) is 2.51. The average molecular weight is 414 g/mol. The second-order valence-electron chi connectivity index (χ2n) is 8.76. The van der Waals surface area contributed by atoms with Gasteiger partial charge >= 0.3 is 0 Å². The Labute approximate surface area is 182 Å². The zero-order chi connectivity index (χ0) is 21.2. The van der Waals surface area contributed by atoms with Crippen LogP contribution in [0.4, 0.5) is 0 Å². The van der Waals surface area contributed by atoms with Crippen LogP contribution in [0.5, 0.6) is 0 Å². The molecule has 1 amide bonds. The van der Waals surface area contributed by atoms with Crippen molar-refractivity contribution in [3.63, 3.8) is 0 Å². The molecule has 2 unspecified atom stereocenters. The molecule has 2 saturated heterocycles. The number of amides is 1. The van der Waals surface area contributed by atoms with Gasteiger partial charge < -0.3 is 20.4 Å². The van der Waals surface area contributed by atoms with Gasteiger partial charge in [0.2, 0.25) is 5.91 Å². The van der Waals surface area contributed by atoms with Gasteiger partial charge in [-0.2, -0.15) is 0 Å². The second kappa shape index (κ2) is 11.9. The third kappa shape index (κ3) is 7.01. The Balaban J connectivity index is 1.31. The Morgan fingerprint density at radius 1 is 1.17 bits per heavy atom. The molecule has 2 N–H and O–H groups in total. The molecule has 166 valence electrons. The average Bonchev–Trinajstić information content (AvgIpc) is 3.13. The summed E-state index contributed by atoms with van der Waals surface area (Å²) in [5.41, 5.74) is 1.29. The fourth-order valence-corrected chi connectivity index (χ4v) is 4.56. The van der Waals surface area contributed by atoms with Crippen molar-refractivity contribution in [1.82, 2.24) is 20.4 Å². The van der Waals surface area contributed by atoms with Crippen LogP contribution in [0.25, 0.3) is 0 Å². The molecule has 1 aromatic rings. The molecule has 30 heavy (non-hydrogen) atoms. The van der Waals surface area contributed by atoms with Gasteiger partial charge in [0.15, 0.2) is 5.96 Å². The van der Waals surface area contributed by atoms with E-state index >= 15 is 0 Å². The lowest BCUT2D eigenvalue weighted by atomic mass is 10.0. The Morgan fingerprint density at radius 3 is 2.77 bits per heavy atom. The highest BCUT2D eigenvalue weighted by atomic mass is 16.2. The number of carbonyl (C=O) groups excluding carboxylic acids is 1. The van der Waals surface area contributed by atoms with E-state index in [0.717, 1.165) is 57.6 Å². The van der Waals surface area contributed by atoms with Crippen LogP contribution < -0.4 is 10.6 Å². The Kier molecular flexibility index (Phi) is 9.00. The molecule has 0 spiro atoms. The van der Waals surface area contributed by atoms with Gasteiger partial charge in [-0.25, -0.2) is 0 Å². The largest absolute Gasteiger partial charge is 0.356 e. The Morgan fingerprint density at radius 2 is 2.00 bits per heavy atom. The van der Waals surface area contributed by atoms with Crippen LogP contribution in [0.15, 0.2) is 35.3 Å². The number of likely N-dealkylation sites (tertiary alicyclic amines) is 2. The van der Waals surface area contributed by atoms with Crippen LogP contribution in [0.2, 0.25) is 0 Å². The van der Waals surface area contributed by atoms with Gasteiger partial charge in [0.05, 0.1) is 0 Å². The van der Waals surface area contributed by atoms with E-state index in [1.165, 1.54) is 31.4 Å². The van der Waals surface area contributed by atoms with Gasteiger partial charge in [-0.3, -0.25) is 9.79 Å². The summed E-state index contributed by atoms with van der Waals surface area (Å²) < 4.78 is 0. The molecule has 0 bridgehead atoms. The van der Waals surface area contributed by atoms with Crippen LogP contribution in [-0.4, -0.2) is 74.0 Å².